The van der Waals surface area contributed by atoms with E-state index in [1.807, 2.05) is 6.92 Å². The number of hydrogen-bond acceptors (Lipinski definition) is 2. The van der Waals surface area contributed by atoms with E-state index in [1.54, 1.807) is 6.07 Å². The molecule has 0 aromatic heterocycles. The molecule has 0 aliphatic heterocycles. The van der Waals surface area contributed by atoms with E-state index >= 15 is 0 Å². The second-order valence-electron chi connectivity index (χ2n) is 3.57. The lowest BCUT2D eigenvalue weighted by molar-refractivity contribution is 0.418. The number of aromatic hydroxyl groups is 1. The first-order valence-electron chi connectivity index (χ1n) is 4.50. The zero-order valence-corrected chi connectivity index (χ0v) is 11.2. The average Bonchev–Trinajstić information content (AvgIpc) is 2.13. The zero-order chi connectivity index (χ0) is 11.6. The van der Waals surface area contributed by atoms with Gasteiger partial charge in [-0.15, -0.1) is 19.0 Å². The molecule has 2 nitrogen and oxygen atoms in total. The van der Waals surface area contributed by atoms with E-state index in [0.717, 1.165) is 5.57 Å². The van der Waals surface area contributed by atoms with E-state index in [9.17, 15) is 9.50 Å². The summed E-state index contributed by atoms with van der Waals surface area (Å²) in [5.41, 5.74) is 7.11. The van der Waals surface area contributed by atoms with Crippen LogP contribution in [-0.4, -0.2) is 5.11 Å². The molecule has 5 heteroatoms. The molecule has 0 saturated carbocycles. The third-order valence-electron chi connectivity index (χ3n) is 2.07. The topological polar surface area (TPSA) is 46.2 Å². The van der Waals surface area contributed by atoms with Gasteiger partial charge in [-0.3, -0.25) is 0 Å². The molecule has 90 valence electrons. The molecule has 1 aromatic carbocycles. The highest BCUT2D eigenvalue weighted by atomic mass is 79.9. The van der Waals surface area contributed by atoms with Crippen LogP contribution in [0.25, 0.3) is 0 Å². The molecule has 1 atom stereocenters. The number of benzene rings is 1. The third kappa shape index (κ3) is 3.47. The molecule has 0 radical (unpaired) electrons. The van der Waals surface area contributed by atoms with Gasteiger partial charge in [-0.2, -0.15) is 0 Å². The second kappa shape index (κ2) is 6.23. The van der Waals surface area contributed by atoms with Crippen LogP contribution in [0.4, 0.5) is 4.39 Å². The van der Waals surface area contributed by atoms with Gasteiger partial charge in [0.1, 0.15) is 0 Å². The number of phenolic OH excluding ortho intramolecular Hbond substituents is 1. The molecule has 0 spiro atoms. The average molecular weight is 311 g/mol. The van der Waals surface area contributed by atoms with E-state index in [1.165, 1.54) is 6.07 Å². The van der Waals surface area contributed by atoms with Crippen molar-refractivity contribution in [2.24, 2.45) is 5.73 Å². The van der Waals surface area contributed by atoms with E-state index < -0.39 is 17.6 Å². The molecule has 0 aliphatic carbocycles. The molecule has 0 aliphatic rings. The van der Waals surface area contributed by atoms with Gasteiger partial charge in [0.25, 0.3) is 0 Å². The normalized spacial score (nSPS) is 11.8. The Bertz CT molecular complexity index is 398. The Labute approximate surface area is 109 Å². The largest absolute Gasteiger partial charge is 0.505 e. The molecule has 3 N–H and O–H groups in total. The Hall–Kier alpha value is -0.580. The lowest BCUT2D eigenvalue weighted by Crippen LogP contribution is -2.11. The molecule has 1 rings (SSSR count). The van der Waals surface area contributed by atoms with Crippen molar-refractivity contribution < 1.29 is 9.50 Å². The van der Waals surface area contributed by atoms with Crippen LogP contribution in [-0.2, 0) is 0 Å². The fourth-order valence-corrected chi connectivity index (χ4v) is 1.66. The van der Waals surface area contributed by atoms with Gasteiger partial charge in [0, 0.05) is 11.6 Å². The van der Waals surface area contributed by atoms with Crippen molar-refractivity contribution in [1.29, 1.82) is 0 Å². The Kier molecular flexibility index (Phi) is 6.00. The number of phenols is 1. The minimum atomic E-state index is -0.676. The Balaban J connectivity index is 0.00000225. The molecule has 0 saturated heterocycles. The predicted molar refractivity (Wildman–Crippen MR) is 69.4 cm³/mol. The molecule has 0 bridgehead atoms. The van der Waals surface area contributed by atoms with Crippen LogP contribution < -0.4 is 5.73 Å². The molecule has 0 unspecified atom stereocenters. The van der Waals surface area contributed by atoms with Crippen molar-refractivity contribution in [3.63, 3.8) is 0 Å². The van der Waals surface area contributed by atoms with Crippen molar-refractivity contribution in [3.05, 3.63) is 40.1 Å². The summed E-state index contributed by atoms with van der Waals surface area (Å²) in [7, 11) is 0. The fraction of sp³-hybridized carbons (Fsp3) is 0.273. The summed E-state index contributed by atoms with van der Waals surface area (Å²) < 4.78 is 13.5. The Morgan fingerprint density at radius 2 is 2.19 bits per heavy atom. The second-order valence-corrected chi connectivity index (χ2v) is 4.42. The summed E-state index contributed by atoms with van der Waals surface area (Å²) in [5, 5.41) is 9.55. The minimum absolute atomic E-state index is 0. The molecular weight excluding hydrogens is 296 g/mol. The highest BCUT2D eigenvalue weighted by Gasteiger charge is 2.16. The highest BCUT2D eigenvalue weighted by Crippen LogP contribution is 2.32. The maximum Gasteiger partial charge on any atom is 0.179 e. The van der Waals surface area contributed by atoms with Crippen LogP contribution in [0.2, 0.25) is 0 Å². The van der Waals surface area contributed by atoms with Gasteiger partial charge in [-0.25, -0.2) is 4.39 Å². The van der Waals surface area contributed by atoms with E-state index in [4.69, 9.17) is 5.73 Å². The standard InChI is InChI=1S/C11H13BrFNO.ClH/c1-6(2)5-9(14)7-3-4-8(12)10(13)11(7)15;/h3-4,9,15H,1,5,14H2,2H3;1H/t9-;/m0./s1. The molecule has 1 aromatic rings. The molecule has 0 amide bonds. The zero-order valence-electron chi connectivity index (χ0n) is 8.84. The molecule has 0 heterocycles. The van der Waals surface area contributed by atoms with Crippen molar-refractivity contribution in [2.75, 3.05) is 0 Å². The molecule has 0 fully saturated rings. The lowest BCUT2D eigenvalue weighted by atomic mass is 10.0. The van der Waals surface area contributed by atoms with Crippen molar-refractivity contribution in [2.45, 2.75) is 19.4 Å². The third-order valence-corrected chi connectivity index (χ3v) is 2.68. The van der Waals surface area contributed by atoms with Crippen LogP contribution in [0.3, 0.4) is 0 Å². The van der Waals surface area contributed by atoms with Crippen LogP contribution in [0.5, 0.6) is 5.75 Å². The quantitative estimate of drug-likeness (QED) is 0.837. The number of hydrogen-bond donors (Lipinski definition) is 2. The summed E-state index contributed by atoms with van der Waals surface area (Å²) in [5.74, 6) is -1.07. The minimum Gasteiger partial charge on any atom is -0.505 e. The van der Waals surface area contributed by atoms with Gasteiger partial charge in [0.15, 0.2) is 11.6 Å². The van der Waals surface area contributed by atoms with Crippen LogP contribution >= 0.6 is 28.3 Å². The number of halogens is 3. The first kappa shape index (κ1) is 15.4. The first-order chi connectivity index (χ1) is 6.93. The monoisotopic (exact) mass is 309 g/mol. The van der Waals surface area contributed by atoms with E-state index in [-0.39, 0.29) is 16.9 Å². The van der Waals surface area contributed by atoms with Gasteiger partial charge in [-0.1, -0.05) is 11.6 Å². The van der Waals surface area contributed by atoms with Gasteiger partial charge in [0.05, 0.1) is 4.47 Å². The van der Waals surface area contributed by atoms with Crippen LogP contribution in [0.15, 0.2) is 28.8 Å². The summed E-state index contributed by atoms with van der Waals surface area (Å²) >= 11 is 2.99. The van der Waals surface area contributed by atoms with E-state index in [0.29, 0.717) is 12.0 Å². The number of nitrogens with two attached hydrogens (primary N) is 1. The number of rotatable bonds is 3. The summed E-state index contributed by atoms with van der Waals surface area (Å²) in [6.07, 6.45) is 0.522. The van der Waals surface area contributed by atoms with Crippen molar-refractivity contribution >= 4 is 28.3 Å². The Morgan fingerprint density at radius 1 is 1.62 bits per heavy atom. The summed E-state index contributed by atoms with van der Waals surface area (Å²) in [4.78, 5) is 0. The Morgan fingerprint density at radius 3 is 2.69 bits per heavy atom. The first-order valence-corrected chi connectivity index (χ1v) is 5.29. The smallest absolute Gasteiger partial charge is 0.179 e. The molecular formula is C11H14BrClFNO. The fourth-order valence-electron chi connectivity index (χ4n) is 1.34. The summed E-state index contributed by atoms with van der Waals surface area (Å²) in [6.45, 7) is 5.57. The highest BCUT2D eigenvalue weighted by molar-refractivity contribution is 9.10. The lowest BCUT2D eigenvalue weighted by Gasteiger charge is -2.14. The van der Waals surface area contributed by atoms with Crippen molar-refractivity contribution in [1.82, 2.24) is 0 Å². The summed E-state index contributed by atoms with van der Waals surface area (Å²) in [6, 6.07) is 2.71. The van der Waals surface area contributed by atoms with Gasteiger partial charge < -0.3 is 10.8 Å². The van der Waals surface area contributed by atoms with Gasteiger partial charge in [-0.05, 0) is 35.3 Å². The van der Waals surface area contributed by atoms with Crippen LogP contribution in [0.1, 0.15) is 24.9 Å². The maximum absolute atomic E-state index is 13.3. The van der Waals surface area contributed by atoms with Gasteiger partial charge >= 0.3 is 0 Å². The van der Waals surface area contributed by atoms with Crippen LogP contribution in [0, 0.1) is 5.82 Å². The predicted octanol–water partition coefficient (Wildman–Crippen LogP) is 3.68. The van der Waals surface area contributed by atoms with Gasteiger partial charge in [0.2, 0.25) is 0 Å². The maximum atomic E-state index is 13.3. The van der Waals surface area contributed by atoms with Crippen molar-refractivity contribution in [3.8, 4) is 5.75 Å². The van der Waals surface area contributed by atoms with E-state index in [2.05, 4.69) is 22.5 Å². The molecule has 16 heavy (non-hydrogen) atoms. The SMILES string of the molecule is C=C(C)C[C@H](N)c1ccc(Br)c(F)c1O.Cl.